The molecule has 1 N–H and O–H groups in total. The Bertz CT molecular complexity index is 398. The van der Waals surface area contributed by atoms with E-state index in [0.717, 1.165) is 9.13 Å². The second-order valence-electron chi connectivity index (χ2n) is 2.56. The van der Waals surface area contributed by atoms with Crippen molar-refractivity contribution in [3.8, 4) is 0 Å². The fourth-order valence-corrected chi connectivity index (χ4v) is 1.50. The van der Waals surface area contributed by atoms with Gasteiger partial charge in [0.15, 0.2) is 0 Å². The smallest absolute Gasteiger partial charge is 0.141 e. The highest BCUT2D eigenvalue weighted by Crippen LogP contribution is 2.09. The van der Waals surface area contributed by atoms with Crippen molar-refractivity contribution in [1.82, 2.24) is 10.3 Å². The van der Waals surface area contributed by atoms with Crippen molar-refractivity contribution in [3.05, 3.63) is 40.4 Å². The van der Waals surface area contributed by atoms with Gasteiger partial charge in [0.1, 0.15) is 12.2 Å². The molecule has 0 fully saturated rings. The Kier molecular flexibility index (Phi) is 4.96. The molecule has 1 aromatic rings. The summed E-state index contributed by atoms with van der Waals surface area (Å²) >= 11 is 2.23. The van der Waals surface area contributed by atoms with Gasteiger partial charge in [0.05, 0.1) is 0 Å². The van der Waals surface area contributed by atoms with Crippen LogP contribution in [0.1, 0.15) is 5.56 Å². The molecule has 0 unspecified atom stereocenters. The Morgan fingerprint density at radius 1 is 1.67 bits per heavy atom. The van der Waals surface area contributed by atoms with E-state index in [1.54, 1.807) is 25.6 Å². The normalized spacial score (nSPS) is 11.7. The van der Waals surface area contributed by atoms with Gasteiger partial charge >= 0.3 is 0 Å². The SMILES string of the molecule is C=CNC(=NC=NC)c1cnccc1I. The molecule has 0 radical (unpaired) electrons. The molecule has 78 valence electrons. The highest BCUT2D eigenvalue weighted by atomic mass is 127. The number of aromatic nitrogens is 1. The van der Waals surface area contributed by atoms with Gasteiger partial charge in [-0.15, -0.1) is 0 Å². The van der Waals surface area contributed by atoms with Crippen LogP contribution >= 0.6 is 22.6 Å². The number of nitrogens with one attached hydrogen (secondary N) is 1. The Morgan fingerprint density at radius 2 is 2.47 bits per heavy atom. The highest BCUT2D eigenvalue weighted by Gasteiger charge is 2.05. The average molecular weight is 314 g/mol. The van der Waals surface area contributed by atoms with E-state index in [-0.39, 0.29) is 0 Å². The van der Waals surface area contributed by atoms with Crippen molar-refractivity contribution in [3.63, 3.8) is 0 Å². The highest BCUT2D eigenvalue weighted by molar-refractivity contribution is 14.1. The molecule has 0 saturated carbocycles. The van der Waals surface area contributed by atoms with Crippen LogP contribution < -0.4 is 5.32 Å². The number of hydrogen-bond donors (Lipinski definition) is 1. The lowest BCUT2D eigenvalue weighted by Crippen LogP contribution is -2.20. The summed E-state index contributed by atoms with van der Waals surface area (Å²) in [4.78, 5) is 12.0. The van der Waals surface area contributed by atoms with Crippen LogP contribution in [0.3, 0.4) is 0 Å². The molecule has 1 rings (SSSR count). The fraction of sp³-hybridized carbons (Fsp3) is 0.100. The largest absolute Gasteiger partial charge is 0.347 e. The maximum atomic E-state index is 4.16. The third-order valence-corrected chi connectivity index (χ3v) is 2.50. The zero-order chi connectivity index (χ0) is 11.1. The minimum absolute atomic E-state index is 0.688. The van der Waals surface area contributed by atoms with Crippen molar-refractivity contribution >= 4 is 34.8 Å². The zero-order valence-electron chi connectivity index (χ0n) is 8.31. The van der Waals surface area contributed by atoms with E-state index < -0.39 is 0 Å². The molecule has 0 aliphatic rings. The molecule has 0 saturated heterocycles. The Balaban J connectivity index is 3.09. The molecule has 1 aromatic heterocycles. The maximum Gasteiger partial charge on any atom is 0.141 e. The molecule has 0 aliphatic heterocycles. The minimum Gasteiger partial charge on any atom is -0.347 e. The average Bonchev–Trinajstić information content (AvgIpc) is 2.25. The standard InChI is InChI=1S/C10H11IN4/c1-3-14-10(15-7-12-2)8-6-13-5-4-9(8)11/h3-7H,1H2,2H3,(H,12,14,15). The third kappa shape index (κ3) is 3.43. The molecule has 15 heavy (non-hydrogen) atoms. The van der Waals surface area contributed by atoms with E-state index >= 15 is 0 Å². The Labute approximate surface area is 102 Å². The molecule has 0 aromatic carbocycles. The first-order valence-corrected chi connectivity index (χ1v) is 5.33. The van der Waals surface area contributed by atoms with Crippen molar-refractivity contribution < 1.29 is 0 Å². The van der Waals surface area contributed by atoms with Gasteiger partial charge in [0.2, 0.25) is 0 Å². The van der Waals surface area contributed by atoms with Crippen LogP contribution in [0.5, 0.6) is 0 Å². The lowest BCUT2D eigenvalue weighted by Gasteiger charge is -2.06. The van der Waals surface area contributed by atoms with E-state index in [1.807, 2.05) is 6.07 Å². The first-order valence-electron chi connectivity index (χ1n) is 4.25. The maximum absolute atomic E-state index is 4.16. The van der Waals surface area contributed by atoms with Crippen LogP contribution in [-0.4, -0.2) is 24.2 Å². The van der Waals surface area contributed by atoms with Gasteiger partial charge in [0, 0.05) is 28.6 Å². The lowest BCUT2D eigenvalue weighted by atomic mass is 10.2. The van der Waals surface area contributed by atoms with E-state index in [2.05, 4.69) is 49.5 Å². The van der Waals surface area contributed by atoms with Crippen molar-refractivity contribution in [2.45, 2.75) is 0 Å². The number of pyridine rings is 1. The summed E-state index contributed by atoms with van der Waals surface area (Å²) in [7, 11) is 1.67. The number of amidine groups is 1. The van der Waals surface area contributed by atoms with Crippen LogP contribution in [0.2, 0.25) is 0 Å². The summed E-state index contributed by atoms with van der Waals surface area (Å²) in [6.07, 6.45) is 6.55. The van der Waals surface area contributed by atoms with Crippen molar-refractivity contribution in [2.75, 3.05) is 7.05 Å². The number of hydrogen-bond acceptors (Lipinski definition) is 2. The summed E-state index contributed by atoms with van der Waals surface area (Å²) in [5.74, 6) is 0.688. The van der Waals surface area contributed by atoms with Gasteiger partial charge in [0.25, 0.3) is 0 Å². The molecular formula is C10H11IN4. The molecule has 1 heterocycles. The minimum atomic E-state index is 0.688. The van der Waals surface area contributed by atoms with Gasteiger partial charge in [-0.05, 0) is 34.9 Å². The van der Waals surface area contributed by atoms with Gasteiger partial charge in [-0.3, -0.25) is 9.98 Å². The predicted octanol–water partition coefficient (Wildman–Crippen LogP) is 1.82. The first-order chi connectivity index (χ1) is 7.29. The topological polar surface area (TPSA) is 49.6 Å². The van der Waals surface area contributed by atoms with Crippen LogP contribution in [-0.2, 0) is 0 Å². The second-order valence-corrected chi connectivity index (χ2v) is 3.72. The number of nitrogens with zero attached hydrogens (tertiary/aromatic N) is 3. The van der Waals surface area contributed by atoms with Crippen molar-refractivity contribution in [2.24, 2.45) is 9.98 Å². The third-order valence-electron chi connectivity index (χ3n) is 1.56. The molecule has 0 atom stereocenters. The first kappa shape index (κ1) is 11.8. The summed E-state index contributed by atoms with van der Waals surface area (Å²) in [5.41, 5.74) is 0.929. The second kappa shape index (κ2) is 6.28. The zero-order valence-corrected chi connectivity index (χ0v) is 10.5. The molecule has 4 nitrogen and oxygen atoms in total. The van der Waals surface area contributed by atoms with Crippen LogP contribution in [0.15, 0.2) is 41.2 Å². The summed E-state index contributed by atoms with van der Waals surface area (Å²) in [6.45, 7) is 3.60. The Hall–Kier alpha value is -1.24. The lowest BCUT2D eigenvalue weighted by molar-refractivity contribution is 1.23. The monoisotopic (exact) mass is 314 g/mol. The molecular weight excluding hydrogens is 303 g/mol. The molecule has 0 spiro atoms. The van der Waals surface area contributed by atoms with E-state index in [9.17, 15) is 0 Å². The summed E-state index contributed by atoms with van der Waals surface area (Å²) < 4.78 is 1.07. The van der Waals surface area contributed by atoms with Gasteiger partial charge in [-0.25, -0.2) is 4.99 Å². The van der Waals surface area contributed by atoms with E-state index in [0.29, 0.717) is 5.84 Å². The number of rotatable bonds is 3. The Morgan fingerprint density at radius 3 is 3.07 bits per heavy atom. The van der Waals surface area contributed by atoms with Gasteiger partial charge in [-0.1, -0.05) is 6.58 Å². The summed E-state index contributed by atoms with van der Waals surface area (Å²) in [5, 5.41) is 2.95. The number of halogens is 1. The van der Waals surface area contributed by atoms with Crippen molar-refractivity contribution in [1.29, 1.82) is 0 Å². The fourth-order valence-electron chi connectivity index (χ4n) is 0.948. The van der Waals surface area contributed by atoms with Gasteiger partial charge in [-0.2, -0.15) is 0 Å². The molecule has 5 heteroatoms. The number of aliphatic imine (C=N–C) groups is 2. The predicted molar refractivity (Wildman–Crippen MR) is 71.2 cm³/mol. The quantitative estimate of drug-likeness (QED) is 0.526. The van der Waals surface area contributed by atoms with Crippen LogP contribution in [0.4, 0.5) is 0 Å². The van der Waals surface area contributed by atoms with Gasteiger partial charge < -0.3 is 5.32 Å². The molecule has 0 amide bonds. The molecule has 0 aliphatic carbocycles. The summed E-state index contributed by atoms with van der Waals surface area (Å²) in [6, 6.07) is 1.92. The molecule has 0 bridgehead atoms. The van der Waals surface area contributed by atoms with E-state index in [1.165, 1.54) is 6.34 Å². The van der Waals surface area contributed by atoms with Crippen LogP contribution in [0.25, 0.3) is 0 Å². The van der Waals surface area contributed by atoms with E-state index in [4.69, 9.17) is 0 Å². The van der Waals surface area contributed by atoms with Crippen LogP contribution in [0, 0.1) is 3.57 Å².